The number of nitrogens with one attached hydrogen (secondary N) is 2. The summed E-state index contributed by atoms with van der Waals surface area (Å²) in [5, 5.41) is 2.63. The van der Waals surface area contributed by atoms with E-state index in [1.54, 1.807) is 30.3 Å². The lowest BCUT2D eigenvalue weighted by Gasteiger charge is -2.11. The number of hydrogen-bond donors (Lipinski definition) is 2. The molecule has 0 atom stereocenters. The number of unbranched alkanes of at least 4 members (excludes halogenated alkanes) is 1. The second-order valence-corrected chi connectivity index (χ2v) is 9.07. The monoisotopic (exact) mass is 460 g/mol. The van der Waals surface area contributed by atoms with Crippen LogP contribution < -0.4 is 10.0 Å². The Labute approximate surface area is 186 Å². The number of carbonyl (C=O) groups is 1. The van der Waals surface area contributed by atoms with Crippen molar-refractivity contribution < 1.29 is 17.6 Å². The summed E-state index contributed by atoms with van der Waals surface area (Å²) in [7, 11) is -3.99. The molecule has 0 aliphatic rings. The molecule has 0 fully saturated rings. The molecule has 3 aromatic carbocycles. The van der Waals surface area contributed by atoms with Crippen LogP contribution in [0.3, 0.4) is 0 Å². The quantitative estimate of drug-likeness (QED) is 0.441. The van der Waals surface area contributed by atoms with Gasteiger partial charge in [0.15, 0.2) is 0 Å². The molecule has 0 bridgehead atoms. The van der Waals surface area contributed by atoms with Crippen LogP contribution in [0.5, 0.6) is 0 Å². The summed E-state index contributed by atoms with van der Waals surface area (Å²) in [4.78, 5) is 12.1. The van der Waals surface area contributed by atoms with E-state index in [9.17, 15) is 17.6 Å². The van der Waals surface area contributed by atoms with Crippen LogP contribution in [0, 0.1) is 5.82 Å². The Kier molecular flexibility index (Phi) is 7.30. The number of hydrogen-bond acceptors (Lipinski definition) is 3. The molecular weight excluding hydrogens is 439 g/mol. The van der Waals surface area contributed by atoms with Gasteiger partial charge in [-0.15, -0.1) is 0 Å². The summed E-state index contributed by atoms with van der Waals surface area (Å²) in [6, 6.07) is 16.7. The van der Waals surface area contributed by atoms with Crippen LogP contribution in [-0.2, 0) is 16.4 Å². The maximum Gasteiger partial charge on any atom is 0.261 e. The molecule has 31 heavy (non-hydrogen) atoms. The summed E-state index contributed by atoms with van der Waals surface area (Å²) in [5.41, 5.74) is 1.54. The van der Waals surface area contributed by atoms with Gasteiger partial charge in [-0.1, -0.05) is 49.2 Å². The van der Waals surface area contributed by atoms with E-state index in [-0.39, 0.29) is 21.2 Å². The van der Waals surface area contributed by atoms with E-state index >= 15 is 0 Å². The van der Waals surface area contributed by atoms with Crippen molar-refractivity contribution in [2.45, 2.75) is 31.1 Å². The molecule has 0 aliphatic heterocycles. The van der Waals surface area contributed by atoms with Crippen molar-refractivity contribution >= 4 is 38.9 Å². The van der Waals surface area contributed by atoms with E-state index in [0.29, 0.717) is 5.69 Å². The molecule has 0 unspecified atom stereocenters. The van der Waals surface area contributed by atoms with Crippen molar-refractivity contribution in [3.05, 3.63) is 88.7 Å². The number of rotatable bonds is 8. The van der Waals surface area contributed by atoms with Gasteiger partial charge < -0.3 is 5.32 Å². The Morgan fingerprint density at radius 2 is 1.74 bits per heavy atom. The van der Waals surface area contributed by atoms with E-state index in [2.05, 4.69) is 17.0 Å². The third-order valence-corrected chi connectivity index (χ3v) is 6.35. The molecule has 2 N–H and O–H groups in total. The van der Waals surface area contributed by atoms with E-state index < -0.39 is 21.7 Å². The predicted octanol–water partition coefficient (Wildman–Crippen LogP) is 5.87. The fourth-order valence-electron chi connectivity index (χ4n) is 2.93. The fraction of sp³-hybridized carbons (Fsp3) is 0.174. The first-order valence-electron chi connectivity index (χ1n) is 9.77. The zero-order valence-electron chi connectivity index (χ0n) is 16.9. The molecule has 0 heterocycles. The lowest BCUT2D eigenvalue weighted by atomic mass is 10.1. The van der Waals surface area contributed by atoms with Gasteiger partial charge in [-0.2, -0.15) is 0 Å². The average Bonchev–Trinajstić information content (AvgIpc) is 2.74. The molecule has 0 saturated carbocycles. The maximum atomic E-state index is 14.5. The van der Waals surface area contributed by atoms with Crippen molar-refractivity contribution in [3.63, 3.8) is 0 Å². The smallest absolute Gasteiger partial charge is 0.261 e. The van der Waals surface area contributed by atoms with Gasteiger partial charge in [0.2, 0.25) is 0 Å². The Bertz CT molecular complexity index is 1180. The van der Waals surface area contributed by atoms with Gasteiger partial charge >= 0.3 is 0 Å². The Morgan fingerprint density at radius 3 is 2.39 bits per heavy atom. The number of anilines is 2. The fourth-order valence-corrected chi connectivity index (χ4v) is 4.23. The van der Waals surface area contributed by atoms with Crippen LogP contribution in [0.25, 0.3) is 0 Å². The maximum absolute atomic E-state index is 14.5. The normalized spacial score (nSPS) is 11.2. The predicted molar refractivity (Wildman–Crippen MR) is 122 cm³/mol. The van der Waals surface area contributed by atoms with Crippen molar-refractivity contribution in [2.24, 2.45) is 0 Å². The Balaban J connectivity index is 1.73. The summed E-state index contributed by atoms with van der Waals surface area (Å²) in [6.45, 7) is 2.11. The molecular formula is C23H22ClFN2O3S. The SMILES string of the molecule is CCCCc1ccc(NS(=O)(=O)c2ccc(NC(=O)c3ccccc3Cl)c(F)c2)cc1. The average molecular weight is 461 g/mol. The molecule has 3 aromatic rings. The summed E-state index contributed by atoms with van der Waals surface area (Å²) < 4.78 is 42.2. The summed E-state index contributed by atoms with van der Waals surface area (Å²) >= 11 is 5.98. The molecule has 5 nitrogen and oxygen atoms in total. The van der Waals surface area contributed by atoms with E-state index in [1.807, 2.05) is 12.1 Å². The second kappa shape index (κ2) is 9.94. The van der Waals surface area contributed by atoms with E-state index in [0.717, 1.165) is 30.9 Å². The van der Waals surface area contributed by atoms with Crippen LogP contribution in [-0.4, -0.2) is 14.3 Å². The lowest BCUT2D eigenvalue weighted by molar-refractivity contribution is 0.102. The largest absolute Gasteiger partial charge is 0.319 e. The van der Waals surface area contributed by atoms with Gasteiger partial charge in [0.05, 0.1) is 21.2 Å². The number of aryl methyl sites for hydroxylation is 1. The van der Waals surface area contributed by atoms with Crippen molar-refractivity contribution in [1.29, 1.82) is 0 Å². The highest BCUT2D eigenvalue weighted by molar-refractivity contribution is 7.92. The third kappa shape index (κ3) is 5.83. The van der Waals surface area contributed by atoms with Gasteiger partial charge in [-0.05, 0) is 60.9 Å². The van der Waals surface area contributed by atoms with Crippen molar-refractivity contribution in [1.82, 2.24) is 0 Å². The van der Waals surface area contributed by atoms with Gasteiger partial charge in [-0.3, -0.25) is 9.52 Å². The van der Waals surface area contributed by atoms with Crippen LogP contribution in [0.4, 0.5) is 15.8 Å². The molecule has 0 spiro atoms. The molecule has 0 saturated heterocycles. The zero-order valence-corrected chi connectivity index (χ0v) is 18.4. The molecule has 0 radical (unpaired) electrons. The topological polar surface area (TPSA) is 75.3 Å². The molecule has 0 aromatic heterocycles. The van der Waals surface area contributed by atoms with Crippen LogP contribution in [0.15, 0.2) is 71.6 Å². The zero-order chi connectivity index (χ0) is 22.4. The van der Waals surface area contributed by atoms with Gasteiger partial charge in [-0.25, -0.2) is 12.8 Å². The molecule has 8 heteroatoms. The van der Waals surface area contributed by atoms with Gasteiger partial charge in [0.25, 0.3) is 15.9 Å². The molecule has 1 amide bonds. The van der Waals surface area contributed by atoms with E-state index in [1.165, 1.54) is 18.2 Å². The van der Waals surface area contributed by atoms with Crippen LogP contribution in [0.1, 0.15) is 35.7 Å². The number of amides is 1. The van der Waals surface area contributed by atoms with E-state index in [4.69, 9.17) is 11.6 Å². The number of carbonyl (C=O) groups excluding carboxylic acids is 1. The molecule has 3 rings (SSSR count). The lowest BCUT2D eigenvalue weighted by Crippen LogP contribution is -2.15. The minimum absolute atomic E-state index is 0.149. The Hall–Kier alpha value is -2.90. The first-order chi connectivity index (χ1) is 14.8. The second-order valence-electron chi connectivity index (χ2n) is 6.98. The van der Waals surface area contributed by atoms with Crippen molar-refractivity contribution in [3.8, 4) is 0 Å². The highest BCUT2D eigenvalue weighted by Crippen LogP contribution is 2.23. The van der Waals surface area contributed by atoms with Crippen LogP contribution >= 0.6 is 11.6 Å². The number of halogens is 2. The minimum atomic E-state index is -3.99. The highest BCUT2D eigenvalue weighted by atomic mass is 35.5. The Morgan fingerprint density at radius 1 is 1.03 bits per heavy atom. The standard InChI is InChI=1S/C23H22ClFN2O3S/c1-2-3-6-16-9-11-17(12-10-16)27-31(29,30)18-13-14-22(21(25)15-18)26-23(28)19-7-4-5-8-20(19)24/h4-5,7-15,27H,2-3,6H2,1H3,(H,26,28). The van der Waals surface area contributed by atoms with Crippen molar-refractivity contribution in [2.75, 3.05) is 10.0 Å². The summed E-state index contributed by atoms with van der Waals surface area (Å²) in [5.74, 6) is -1.47. The summed E-state index contributed by atoms with van der Waals surface area (Å²) in [6.07, 6.45) is 3.06. The molecule has 0 aliphatic carbocycles. The first kappa shape index (κ1) is 22.8. The third-order valence-electron chi connectivity index (χ3n) is 4.64. The number of sulfonamides is 1. The minimum Gasteiger partial charge on any atom is -0.319 e. The molecule has 162 valence electrons. The highest BCUT2D eigenvalue weighted by Gasteiger charge is 2.18. The van der Waals surface area contributed by atoms with Gasteiger partial charge in [0.1, 0.15) is 5.82 Å². The van der Waals surface area contributed by atoms with Gasteiger partial charge in [0, 0.05) is 5.69 Å². The first-order valence-corrected chi connectivity index (χ1v) is 11.6. The van der Waals surface area contributed by atoms with Crippen LogP contribution in [0.2, 0.25) is 5.02 Å². The number of benzene rings is 3.